The van der Waals surface area contributed by atoms with Gasteiger partial charge in [0, 0.05) is 16.0 Å². The highest BCUT2D eigenvalue weighted by atomic mass is 35.5. The zero-order valence-electron chi connectivity index (χ0n) is 13.9. The van der Waals surface area contributed by atoms with Gasteiger partial charge in [0.2, 0.25) is 0 Å². The van der Waals surface area contributed by atoms with Gasteiger partial charge in [0.15, 0.2) is 5.13 Å². The van der Waals surface area contributed by atoms with E-state index in [-0.39, 0.29) is 23.6 Å². The molecule has 0 bridgehead atoms. The monoisotopic (exact) mass is 385 g/mol. The van der Waals surface area contributed by atoms with Crippen LogP contribution in [0.3, 0.4) is 0 Å². The molecule has 1 heterocycles. The smallest absolute Gasteiger partial charge is 0.271 e. The fraction of sp³-hybridized carbons (Fsp3) is 0.105. The Hall–Kier alpha value is -2.70. The molecule has 2 aromatic carbocycles. The van der Waals surface area contributed by atoms with E-state index in [1.54, 1.807) is 29.6 Å². The van der Waals surface area contributed by atoms with E-state index in [4.69, 9.17) is 11.6 Å². The number of nitrogens with one attached hydrogen (secondary N) is 2. The summed E-state index contributed by atoms with van der Waals surface area (Å²) in [6.45, 7) is 1.91. The van der Waals surface area contributed by atoms with Gasteiger partial charge in [-0.25, -0.2) is 4.98 Å². The first-order valence-electron chi connectivity index (χ1n) is 7.91. The van der Waals surface area contributed by atoms with Gasteiger partial charge in [-0.05, 0) is 36.8 Å². The molecule has 3 aromatic rings. The molecule has 0 fully saturated rings. The van der Waals surface area contributed by atoms with Crippen LogP contribution >= 0.6 is 22.9 Å². The van der Waals surface area contributed by atoms with Gasteiger partial charge in [0.05, 0.1) is 6.04 Å². The molecule has 1 atom stereocenters. The van der Waals surface area contributed by atoms with E-state index in [9.17, 15) is 9.59 Å². The maximum atomic E-state index is 12.3. The molecular weight excluding hydrogens is 370 g/mol. The van der Waals surface area contributed by atoms with Crippen LogP contribution in [-0.2, 0) is 0 Å². The molecule has 0 aliphatic carbocycles. The molecule has 5 nitrogen and oxygen atoms in total. The van der Waals surface area contributed by atoms with Crippen molar-refractivity contribution in [2.24, 2.45) is 0 Å². The van der Waals surface area contributed by atoms with Crippen molar-refractivity contribution in [3.05, 3.63) is 81.8 Å². The summed E-state index contributed by atoms with van der Waals surface area (Å²) in [7, 11) is 0. The topological polar surface area (TPSA) is 71.1 Å². The second-order valence-electron chi connectivity index (χ2n) is 5.60. The lowest BCUT2D eigenvalue weighted by molar-refractivity contribution is 0.0934. The lowest BCUT2D eigenvalue weighted by Crippen LogP contribution is -2.26. The Bertz CT molecular complexity index is 910. The number of carbonyl (C=O) groups is 2. The predicted molar refractivity (Wildman–Crippen MR) is 104 cm³/mol. The molecule has 2 amide bonds. The Balaban J connectivity index is 1.62. The quantitative estimate of drug-likeness (QED) is 0.677. The van der Waals surface area contributed by atoms with E-state index in [0.717, 1.165) is 5.56 Å². The third kappa shape index (κ3) is 4.47. The summed E-state index contributed by atoms with van der Waals surface area (Å²) >= 11 is 7.01. The molecule has 0 saturated carbocycles. The number of amides is 2. The van der Waals surface area contributed by atoms with Crippen LogP contribution in [0.5, 0.6) is 0 Å². The Morgan fingerprint density at radius 3 is 2.42 bits per heavy atom. The summed E-state index contributed by atoms with van der Waals surface area (Å²) in [5.74, 6) is -0.592. The summed E-state index contributed by atoms with van der Waals surface area (Å²) in [5, 5.41) is 8.11. The van der Waals surface area contributed by atoms with Crippen molar-refractivity contribution in [1.82, 2.24) is 10.3 Å². The highest BCUT2D eigenvalue weighted by molar-refractivity contribution is 7.14. The number of carbonyl (C=O) groups excluding carboxylic acids is 2. The Labute approximate surface area is 160 Å². The molecule has 0 aliphatic rings. The van der Waals surface area contributed by atoms with Crippen molar-refractivity contribution in [2.75, 3.05) is 5.32 Å². The second kappa shape index (κ2) is 8.12. The molecule has 0 aliphatic heterocycles. The van der Waals surface area contributed by atoms with Crippen LogP contribution in [0.1, 0.15) is 39.4 Å². The van der Waals surface area contributed by atoms with Gasteiger partial charge in [0.1, 0.15) is 5.69 Å². The number of halogens is 1. The van der Waals surface area contributed by atoms with E-state index >= 15 is 0 Å². The van der Waals surface area contributed by atoms with Gasteiger partial charge in [-0.1, -0.05) is 41.9 Å². The highest BCUT2D eigenvalue weighted by Gasteiger charge is 2.16. The van der Waals surface area contributed by atoms with Crippen molar-refractivity contribution in [1.29, 1.82) is 0 Å². The van der Waals surface area contributed by atoms with Crippen LogP contribution < -0.4 is 10.6 Å². The first kappa shape index (κ1) is 18.1. The van der Waals surface area contributed by atoms with Crippen molar-refractivity contribution in [3.8, 4) is 0 Å². The van der Waals surface area contributed by atoms with Crippen LogP contribution in [-0.4, -0.2) is 16.8 Å². The van der Waals surface area contributed by atoms with Gasteiger partial charge < -0.3 is 5.32 Å². The molecule has 0 spiro atoms. The number of anilines is 1. The zero-order chi connectivity index (χ0) is 18.5. The molecule has 7 heteroatoms. The molecular formula is C19H16ClN3O2S. The standard InChI is InChI=1S/C19H16ClN3O2S/c1-12(13-5-3-2-4-6-13)21-18(25)16-11-26-19(22-16)23-17(24)14-7-9-15(20)10-8-14/h2-12H,1H3,(H,21,25)(H,22,23,24). The van der Waals surface area contributed by atoms with Crippen molar-refractivity contribution < 1.29 is 9.59 Å². The third-order valence-corrected chi connectivity index (χ3v) is 4.72. The highest BCUT2D eigenvalue weighted by Crippen LogP contribution is 2.19. The minimum Gasteiger partial charge on any atom is -0.344 e. The summed E-state index contributed by atoms with van der Waals surface area (Å²) in [4.78, 5) is 28.7. The fourth-order valence-corrected chi connectivity index (χ4v) is 3.11. The van der Waals surface area contributed by atoms with Gasteiger partial charge in [-0.2, -0.15) is 0 Å². The molecule has 1 unspecified atom stereocenters. The van der Waals surface area contributed by atoms with Crippen molar-refractivity contribution in [2.45, 2.75) is 13.0 Å². The fourth-order valence-electron chi connectivity index (χ4n) is 2.30. The normalized spacial score (nSPS) is 11.6. The Morgan fingerprint density at radius 2 is 1.73 bits per heavy atom. The van der Waals surface area contributed by atoms with Crippen LogP contribution in [0.25, 0.3) is 0 Å². The maximum Gasteiger partial charge on any atom is 0.271 e. The van der Waals surface area contributed by atoms with E-state index in [0.29, 0.717) is 15.7 Å². The zero-order valence-corrected chi connectivity index (χ0v) is 15.5. The van der Waals surface area contributed by atoms with E-state index in [1.165, 1.54) is 11.3 Å². The number of aromatic nitrogens is 1. The third-order valence-electron chi connectivity index (χ3n) is 3.71. The van der Waals surface area contributed by atoms with Crippen LogP contribution in [0.4, 0.5) is 5.13 Å². The molecule has 0 radical (unpaired) electrons. The molecule has 3 rings (SSSR count). The summed E-state index contributed by atoms with van der Waals surface area (Å²) in [6.07, 6.45) is 0. The van der Waals surface area contributed by atoms with Crippen molar-refractivity contribution in [3.63, 3.8) is 0 Å². The first-order chi connectivity index (χ1) is 12.5. The van der Waals surface area contributed by atoms with E-state index in [2.05, 4.69) is 15.6 Å². The van der Waals surface area contributed by atoms with Crippen LogP contribution in [0, 0.1) is 0 Å². The lowest BCUT2D eigenvalue weighted by Gasteiger charge is -2.13. The van der Waals surface area contributed by atoms with Gasteiger partial charge in [-0.3, -0.25) is 14.9 Å². The van der Waals surface area contributed by atoms with Crippen LogP contribution in [0.2, 0.25) is 5.02 Å². The number of thiazole rings is 1. The molecule has 0 saturated heterocycles. The van der Waals surface area contributed by atoms with E-state index in [1.807, 2.05) is 37.3 Å². The lowest BCUT2D eigenvalue weighted by atomic mass is 10.1. The Morgan fingerprint density at radius 1 is 1.04 bits per heavy atom. The largest absolute Gasteiger partial charge is 0.344 e. The maximum absolute atomic E-state index is 12.3. The van der Waals surface area contributed by atoms with E-state index < -0.39 is 0 Å². The molecule has 2 N–H and O–H groups in total. The number of rotatable bonds is 5. The summed E-state index contributed by atoms with van der Waals surface area (Å²) in [5.41, 5.74) is 1.74. The summed E-state index contributed by atoms with van der Waals surface area (Å²) < 4.78 is 0. The second-order valence-corrected chi connectivity index (χ2v) is 6.90. The number of hydrogen-bond acceptors (Lipinski definition) is 4. The number of benzene rings is 2. The Kier molecular flexibility index (Phi) is 5.65. The minimum absolute atomic E-state index is 0.141. The molecule has 26 heavy (non-hydrogen) atoms. The SMILES string of the molecule is CC(NC(=O)c1csc(NC(=O)c2ccc(Cl)cc2)n1)c1ccccc1. The molecule has 132 valence electrons. The number of hydrogen-bond donors (Lipinski definition) is 2. The van der Waals surface area contributed by atoms with Crippen molar-refractivity contribution >= 4 is 39.9 Å². The van der Waals surface area contributed by atoms with Gasteiger partial charge in [-0.15, -0.1) is 11.3 Å². The first-order valence-corrected chi connectivity index (χ1v) is 9.17. The predicted octanol–water partition coefficient (Wildman–Crippen LogP) is 4.54. The number of nitrogens with zero attached hydrogens (tertiary/aromatic N) is 1. The average Bonchev–Trinajstić information content (AvgIpc) is 3.11. The van der Waals surface area contributed by atoms with Gasteiger partial charge in [0.25, 0.3) is 11.8 Å². The van der Waals surface area contributed by atoms with Crippen LogP contribution in [0.15, 0.2) is 60.0 Å². The average molecular weight is 386 g/mol. The minimum atomic E-state index is -0.305. The molecule has 1 aromatic heterocycles. The summed E-state index contributed by atoms with van der Waals surface area (Å²) in [6, 6.07) is 16.1. The van der Waals surface area contributed by atoms with Gasteiger partial charge >= 0.3 is 0 Å².